The van der Waals surface area contributed by atoms with Crippen LogP contribution < -0.4 is 5.32 Å². The van der Waals surface area contributed by atoms with Gasteiger partial charge in [-0.3, -0.25) is 14.7 Å². The normalized spacial score (nSPS) is 32.9. The minimum atomic E-state index is -0.0318. The fraction of sp³-hybridized carbons (Fsp3) is 0.400. The van der Waals surface area contributed by atoms with E-state index >= 15 is 0 Å². The summed E-state index contributed by atoms with van der Waals surface area (Å²) in [6.45, 7) is 0. The van der Waals surface area contributed by atoms with Gasteiger partial charge in [-0.05, 0) is 24.5 Å². The highest BCUT2D eigenvalue weighted by Gasteiger charge is 2.38. The van der Waals surface area contributed by atoms with Crippen molar-refractivity contribution in [1.82, 2.24) is 10.2 Å². The SMILES string of the molecule is CN1C(=O)/C(=C/C2=CNC3N=CC(Cl)=CC23)N=C1C1CC1. The molecule has 3 heterocycles. The summed E-state index contributed by atoms with van der Waals surface area (Å²) in [5, 5.41) is 3.82. The van der Waals surface area contributed by atoms with Crippen molar-refractivity contribution in [2.75, 3.05) is 7.05 Å². The van der Waals surface area contributed by atoms with Crippen molar-refractivity contribution in [1.29, 1.82) is 0 Å². The maximum Gasteiger partial charge on any atom is 0.277 e. The average molecular weight is 303 g/mol. The standard InChI is InChI=1S/C15H15ClN4O/c1-20-14(8-2-3-8)19-12(15(20)21)4-9-6-17-13-11(9)5-10(16)7-18-13/h4-8,11,13,17H,2-3H2,1H3/b12-4-. The van der Waals surface area contributed by atoms with Gasteiger partial charge in [-0.25, -0.2) is 4.99 Å². The van der Waals surface area contributed by atoms with Gasteiger partial charge in [0.05, 0.1) is 5.03 Å². The van der Waals surface area contributed by atoms with E-state index in [4.69, 9.17) is 11.6 Å². The zero-order valence-electron chi connectivity index (χ0n) is 11.6. The summed E-state index contributed by atoms with van der Waals surface area (Å²) < 4.78 is 0. The van der Waals surface area contributed by atoms with Gasteiger partial charge in [0, 0.05) is 31.3 Å². The second-order valence-corrected chi connectivity index (χ2v) is 6.19. The smallest absolute Gasteiger partial charge is 0.277 e. The van der Waals surface area contributed by atoms with Crippen LogP contribution in [0.25, 0.3) is 0 Å². The summed E-state index contributed by atoms with van der Waals surface area (Å²) in [7, 11) is 1.80. The number of dihydropyridines is 1. The Labute approximate surface area is 127 Å². The summed E-state index contributed by atoms with van der Waals surface area (Å²) in [5.74, 6) is 1.40. The Bertz CT molecular complexity index is 669. The first-order chi connectivity index (χ1) is 10.1. The fourth-order valence-electron chi connectivity index (χ4n) is 2.87. The van der Waals surface area contributed by atoms with Gasteiger partial charge in [0.25, 0.3) is 5.91 Å². The molecule has 6 heteroatoms. The molecule has 1 saturated carbocycles. The van der Waals surface area contributed by atoms with E-state index in [9.17, 15) is 4.79 Å². The highest BCUT2D eigenvalue weighted by Crippen LogP contribution is 2.36. The Morgan fingerprint density at radius 3 is 3.05 bits per heavy atom. The molecule has 0 saturated heterocycles. The van der Waals surface area contributed by atoms with Gasteiger partial charge in [-0.2, -0.15) is 0 Å². The first-order valence-corrected chi connectivity index (χ1v) is 7.46. The molecule has 1 aliphatic carbocycles. The van der Waals surface area contributed by atoms with Gasteiger partial charge in [0.2, 0.25) is 0 Å². The minimum absolute atomic E-state index is 0.0273. The molecular formula is C15H15ClN4O. The molecule has 108 valence electrons. The van der Waals surface area contributed by atoms with Crippen molar-refractivity contribution in [3.63, 3.8) is 0 Å². The van der Waals surface area contributed by atoms with E-state index in [1.165, 1.54) is 0 Å². The van der Waals surface area contributed by atoms with Gasteiger partial charge in [0.15, 0.2) is 0 Å². The van der Waals surface area contributed by atoms with Crippen LogP contribution in [0.4, 0.5) is 0 Å². The largest absolute Gasteiger partial charge is 0.369 e. The molecule has 0 aromatic heterocycles. The van der Waals surface area contributed by atoms with Crippen molar-refractivity contribution < 1.29 is 4.79 Å². The van der Waals surface area contributed by atoms with E-state index in [2.05, 4.69) is 15.3 Å². The van der Waals surface area contributed by atoms with E-state index < -0.39 is 0 Å². The number of nitrogens with one attached hydrogen (secondary N) is 1. The predicted octanol–water partition coefficient (Wildman–Crippen LogP) is 1.79. The third-order valence-electron chi connectivity index (χ3n) is 4.19. The highest BCUT2D eigenvalue weighted by atomic mass is 35.5. The van der Waals surface area contributed by atoms with E-state index in [1.807, 2.05) is 18.4 Å². The molecule has 5 nitrogen and oxygen atoms in total. The molecule has 21 heavy (non-hydrogen) atoms. The van der Waals surface area contributed by atoms with Gasteiger partial charge in [-0.1, -0.05) is 17.7 Å². The quantitative estimate of drug-likeness (QED) is 0.791. The Hall–Kier alpha value is -1.88. The molecule has 1 N–H and O–H groups in total. The number of amides is 1. The number of halogens is 1. The Kier molecular flexibility index (Phi) is 2.79. The lowest BCUT2D eigenvalue weighted by Crippen LogP contribution is -2.28. The van der Waals surface area contributed by atoms with E-state index in [-0.39, 0.29) is 18.0 Å². The second-order valence-electron chi connectivity index (χ2n) is 5.75. The third kappa shape index (κ3) is 2.12. The summed E-state index contributed by atoms with van der Waals surface area (Å²) >= 11 is 6.02. The van der Waals surface area contributed by atoms with Crippen LogP contribution in [0.15, 0.2) is 44.6 Å². The first kappa shape index (κ1) is 12.8. The number of hydrogen-bond donors (Lipinski definition) is 1. The zero-order valence-corrected chi connectivity index (χ0v) is 12.3. The van der Waals surface area contributed by atoms with Crippen molar-refractivity contribution >= 4 is 29.6 Å². The number of carbonyl (C=O) groups excluding carboxylic acids is 1. The van der Waals surface area contributed by atoms with Gasteiger partial charge in [0.1, 0.15) is 17.7 Å². The van der Waals surface area contributed by atoms with Crippen LogP contribution in [0, 0.1) is 11.8 Å². The van der Waals surface area contributed by atoms with Crippen LogP contribution in [0.1, 0.15) is 12.8 Å². The third-order valence-corrected chi connectivity index (χ3v) is 4.41. The predicted molar refractivity (Wildman–Crippen MR) is 81.9 cm³/mol. The highest BCUT2D eigenvalue weighted by molar-refractivity contribution is 6.39. The Morgan fingerprint density at radius 1 is 1.48 bits per heavy atom. The van der Waals surface area contributed by atoms with Crippen LogP contribution in [-0.4, -0.2) is 36.1 Å². The number of fused-ring (bicyclic) bond motifs is 1. The number of hydrogen-bond acceptors (Lipinski definition) is 4. The van der Waals surface area contributed by atoms with Crippen LogP contribution >= 0.6 is 11.6 Å². The monoisotopic (exact) mass is 302 g/mol. The van der Waals surface area contributed by atoms with E-state index in [0.717, 1.165) is 24.3 Å². The molecule has 4 rings (SSSR count). The van der Waals surface area contributed by atoms with Crippen LogP contribution in [0.2, 0.25) is 0 Å². The van der Waals surface area contributed by atoms with Gasteiger partial charge < -0.3 is 5.32 Å². The maximum atomic E-state index is 12.3. The van der Waals surface area contributed by atoms with Gasteiger partial charge in [-0.15, -0.1) is 0 Å². The number of nitrogens with zero attached hydrogens (tertiary/aromatic N) is 3. The Balaban J connectivity index is 1.63. The lowest BCUT2D eigenvalue weighted by Gasteiger charge is -2.18. The Morgan fingerprint density at radius 2 is 2.29 bits per heavy atom. The number of carbonyl (C=O) groups is 1. The molecule has 0 aromatic carbocycles. The average Bonchev–Trinajstić information content (AvgIpc) is 3.19. The molecule has 2 unspecified atom stereocenters. The molecule has 0 bridgehead atoms. The minimum Gasteiger partial charge on any atom is -0.369 e. The number of likely N-dealkylation sites (N-methyl/N-ethyl adjacent to an activating group) is 1. The molecule has 3 aliphatic heterocycles. The first-order valence-electron chi connectivity index (χ1n) is 7.08. The zero-order chi connectivity index (χ0) is 14.6. The summed E-state index contributed by atoms with van der Waals surface area (Å²) in [5.41, 5.74) is 1.50. The van der Waals surface area contributed by atoms with Crippen LogP contribution in [0.5, 0.6) is 0 Å². The molecule has 2 atom stereocenters. The molecule has 0 radical (unpaired) electrons. The lowest BCUT2D eigenvalue weighted by molar-refractivity contribution is -0.121. The number of allylic oxidation sites excluding steroid dienone is 2. The van der Waals surface area contributed by atoms with Crippen molar-refractivity contribution in [3.8, 4) is 0 Å². The van der Waals surface area contributed by atoms with Crippen LogP contribution in [0.3, 0.4) is 0 Å². The van der Waals surface area contributed by atoms with Gasteiger partial charge >= 0.3 is 0 Å². The van der Waals surface area contributed by atoms with Crippen LogP contribution in [-0.2, 0) is 4.79 Å². The van der Waals surface area contributed by atoms with Crippen molar-refractivity contribution in [2.45, 2.75) is 19.0 Å². The van der Waals surface area contributed by atoms with Crippen molar-refractivity contribution in [3.05, 3.63) is 34.7 Å². The topological polar surface area (TPSA) is 57.1 Å². The fourth-order valence-corrected chi connectivity index (χ4v) is 3.06. The summed E-state index contributed by atoms with van der Waals surface area (Å²) in [6, 6.07) is 0. The molecule has 1 fully saturated rings. The molecule has 1 amide bonds. The van der Waals surface area contributed by atoms with E-state index in [0.29, 0.717) is 16.6 Å². The second kappa shape index (κ2) is 4.56. The number of aliphatic imine (C=N–C) groups is 2. The summed E-state index contributed by atoms with van der Waals surface area (Å²) in [4.78, 5) is 22.8. The molecule has 0 spiro atoms. The summed E-state index contributed by atoms with van der Waals surface area (Å²) in [6.07, 6.45) is 9.59. The number of rotatable bonds is 2. The van der Waals surface area contributed by atoms with E-state index in [1.54, 1.807) is 18.2 Å². The molecular weight excluding hydrogens is 288 g/mol. The number of amidine groups is 1. The molecule has 4 aliphatic rings. The lowest BCUT2D eigenvalue weighted by atomic mass is 9.97. The molecule has 0 aromatic rings. The maximum absolute atomic E-state index is 12.3. The van der Waals surface area contributed by atoms with Crippen molar-refractivity contribution in [2.24, 2.45) is 21.8 Å².